The van der Waals surface area contributed by atoms with Gasteiger partial charge in [0.25, 0.3) is 0 Å². The molecule has 1 aromatic rings. The van der Waals surface area contributed by atoms with Crippen LogP contribution in [0.25, 0.3) is 0 Å². The number of benzene rings is 1. The molecule has 1 atom stereocenters. The van der Waals surface area contributed by atoms with E-state index in [0.29, 0.717) is 12.5 Å². The summed E-state index contributed by atoms with van der Waals surface area (Å²) in [7, 11) is 0. The Labute approximate surface area is 113 Å². The molecule has 0 bridgehead atoms. The highest BCUT2D eigenvalue weighted by Crippen LogP contribution is 2.24. The monoisotopic (exact) mass is 266 g/mol. The van der Waals surface area contributed by atoms with Crippen LogP contribution in [-0.2, 0) is 4.79 Å². The van der Waals surface area contributed by atoms with Gasteiger partial charge in [-0.05, 0) is 30.0 Å². The van der Waals surface area contributed by atoms with Crippen LogP contribution in [0, 0.1) is 5.92 Å². The second-order valence-corrected chi connectivity index (χ2v) is 5.54. The van der Waals surface area contributed by atoms with Gasteiger partial charge in [0.1, 0.15) is 6.17 Å². The zero-order chi connectivity index (χ0) is 13.1. The van der Waals surface area contributed by atoms with Crippen LogP contribution in [0.15, 0.2) is 24.3 Å². The molecule has 2 rings (SSSR count). The van der Waals surface area contributed by atoms with Crippen molar-refractivity contribution >= 4 is 17.5 Å². The first-order valence-electron chi connectivity index (χ1n) is 6.36. The quantitative estimate of drug-likeness (QED) is 0.909. The maximum atomic E-state index is 11.9. The van der Waals surface area contributed by atoms with Crippen molar-refractivity contribution in [2.45, 2.75) is 26.4 Å². The number of nitrogens with zero attached hydrogens (tertiary/aromatic N) is 1. The van der Waals surface area contributed by atoms with Crippen LogP contribution in [0.1, 0.15) is 32.0 Å². The summed E-state index contributed by atoms with van der Waals surface area (Å²) in [6.07, 6.45) is 1.02. The second-order valence-electron chi connectivity index (χ2n) is 5.10. The smallest absolute Gasteiger partial charge is 0.238 e. The molecule has 0 aromatic heterocycles. The molecule has 1 aliphatic heterocycles. The predicted octanol–water partition coefficient (Wildman–Crippen LogP) is 2.82. The number of nitrogens with one attached hydrogen (secondary N) is 1. The summed E-state index contributed by atoms with van der Waals surface area (Å²) in [6.45, 7) is 5.57. The molecule has 98 valence electrons. The van der Waals surface area contributed by atoms with Gasteiger partial charge in [0.05, 0.1) is 6.54 Å². The minimum Gasteiger partial charge on any atom is -0.322 e. The van der Waals surface area contributed by atoms with Gasteiger partial charge in [-0.2, -0.15) is 0 Å². The summed E-state index contributed by atoms with van der Waals surface area (Å²) in [4.78, 5) is 13.8. The second kappa shape index (κ2) is 5.72. The Bertz CT molecular complexity index is 416. The minimum absolute atomic E-state index is 0.00600. The lowest BCUT2D eigenvalue weighted by Crippen LogP contribution is -2.31. The number of hydrogen-bond donors (Lipinski definition) is 1. The molecule has 1 saturated heterocycles. The lowest BCUT2D eigenvalue weighted by Gasteiger charge is -2.25. The first-order valence-corrected chi connectivity index (χ1v) is 6.74. The Hall–Kier alpha value is -1.06. The van der Waals surface area contributed by atoms with Crippen molar-refractivity contribution in [3.8, 4) is 0 Å². The molecule has 0 saturated carbocycles. The zero-order valence-electron chi connectivity index (χ0n) is 10.8. The van der Waals surface area contributed by atoms with Gasteiger partial charge in [0.15, 0.2) is 0 Å². The zero-order valence-corrected chi connectivity index (χ0v) is 11.6. The van der Waals surface area contributed by atoms with Crippen molar-refractivity contribution in [3.05, 3.63) is 34.9 Å². The normalized spacial score (nSPS) is 19.9. The number of halogens is 1. The molecule has 1 aromatic carbocycles. The van der Waals surface area contributed by atoms with E-state index in [1.807, 2.05) is 29.2 Å². The summed E-state index contributed by atoms with van der Waals surface area (Å²) in [5.41, 5.74) is 1.09. The Kier molecular flexibility index (Phi) is 4.25. The van der Waals surface area contributed by atoms with Crippen molar-refractivity contribution in [1.82, 2.24) is 10.2 Å². The van der Waals surface area contributed by atoms with Crippen LogP contribution in [0.4, 0.5) is 0 Å². The third kappa shape index (κ3) is 3.03. The fourth-order valence-corrected chi connectivity index (χ4v) is 2.26. The Morgan fingerprint density at radius 2 is 2.06 bits per heavy atom. The van der Waals surface area contributed by atoms with E-state index >= 15 is 0 Å². The summed E-state index contributed by atoms with van der Waals surface area (Å²) in [5.74, 6) is 0.778. The number of amides is 1. The van der Waals surface area contributed by atoms with E-state index in [1.165, 1.54) is 0 Å². The molecule has 1 unspecified atom stereocenters. The van der Waals surface area contributed by atoms with E-state index < -0.39 is 0 Å². The molecule has 0 aliphatic carbocycles. The summed E-state index contributed by atoms with van der Waals surface area (Å²) < 4.78 is 0. The van der Waals surface area contributed by atoms with Gasteiger partial charge in [0, 0.05) is 11.6 Å². The molecule has 1 amide bonds. The molecule has 1 heterocycles. The molecule has 4 heteroatoms. The van der Waals surface area contributed by atoms with E-state index in [4.69, 9.17) is 11.6 Å². The molecular weight excluding hydrogens is 248 g/mol. The van der Waals surface area contributed by atoms with Gasteiger partial charge >= 0.3 is 0 Å². The molecule has 1 N–H and O–H groups in total. The van der Waals surface area contributed by atoms with Gasteiger partial charge in [-0.25, -0.2) is 0 Å². The Balaban J connectivity index is 2.10. The Morgan fingerprint density at radius 3 is 2.67 bits per heavy atom. The molecule has 3 nitrogen and oxygen atoms in total. The highest BCUT2D eigenvalue weighted by molar-refractivity contribution is 6.30. The van der Waals surface area contributed by atoms with Crippen LogP contribution in [-0.4, -0.2) is 23.9 Å². The van der Waals surface area contributed by atoms with Gasteiger partial charge in [-0.1, -0.05) is 37.6 Å². The third-order valence-electron chi connectivity index (χ3n) is 3.21. The largest absolute Gasteiger partial charge is 0.322 e. The molecular formula is C14H19ClN2O. The van der Waals surface area contributed by atoms with Gasteiger partial charge in [-0.3, -0.25) is 10.1 Å². The standard InChI is InChI=1S/C14H19ClN2O/c1-10(2)7-8-17-13(18)9-16-14(17)11-3-5-12(15)6-4-11/h3-6,10,14,16H,7-9H2,1-2H3. The van der Waals surface area contributed by atoms with Gasteiger partial charge < -0.3 is 4.90 Å². The van der Waals surface area contributed by atoms with Crippen molar-refractivity contribution < 1.29 is 4.79 Å². The highest BCUT2D eigenvalue weighted by atomic mass is 35.5. The topological polar surface area (TPSA) is 32.3 Å². The number of hydrogen-bond acceptors (Lipinski definition) is 2. The fourth-order valence-electron chi connectivity index (χ4n) is 2.13. The van der Waals surface area contributed by atoms with Crippen LogP contribution in [0.3, 0.4) is 0 Å². The summed E-state index contributed by atoms with van der Waals surface area (Å²) in [6, 6.07) is 7.67. The highest BCUT2D eigenvalue weighted by Gasteiger charge is 2.30. The maximum Gasteiger partial charge on any atom is 0.238 e. The summed E-state index contributed by atoms with van der Waals surface area (Å²) >= 11 is 5.89. The van der Waals surface area contributed by atoms with E-state index in [9.17, 15) is 4.79 Å². The van der Waals surface area contributed by atoms with Crippen molar-refractivity contribution in [3.63, 3.8) is 0 Å². The van der Waals surface area contributed by atoms with Gasteiger partial charge in [-0.15, -0.1) is 0 Å². The van der Waals surface area contributed by atoms with E-state index in [-0.39, 0.29) is 12.1 Å². The molecule has 18 heavy (non-hydrogen) atoms. The average molecular weight is 267 g/mol. The Morgan fingerprint density at radius 1 is 1.39 bits per heavy atom. The van der Waals surface area contributed by atoms with Crippen molar-refractivity contribution in [1.29, 1.82) is 0 Å². The summed E-state index contributed by atoms with van der Waals surface area (Å²) in [5, 5.41) is 3.97. The van der Waals surface area contributed by atoms with Crippen LogP contribution < -0.4 is 5.32 Å². The molecule has 1 fully saturated rings. The molecule has 0 radical (unpaired) electrons. The first-order chi connectivity index (χ1) is 8.58. The maximum absolute atomic E-state index is 11.9. The number of rotatable bonds is 4. The first kappa shape index (κ1) is 13.4. The number of carbonyl (C=O) groups is 1. The minimum atomic E-state index is -0.00600. The lowest BCUT2D eigenvalue weighted by molar-refractivity contribution is -0.128. The SMILES string of the molecule is CC(C)CCN1C(=O)CNC1c1ccc(Cl)cc1. The predicted molar refractivity (Wildman–Crippen MR) is 73.4 cm³/mol. The van der Waals surface area contributed by atoms with E-state index in [1.54, 1.807) is 0 Å². The van der Waals surface area contributed by atoms with Crippen LogP contribution in [0.2, 0.25) is 5.02 Å². The van der Waals surface area contributed by atoms with E-state index in [2.05, 4.69) is 19.2 Å². The number of carbonyl (C=O) groups excluding carboxylic acids is 1. The van der Waals surface area contributed by atoms with Crippen molar-refractivity contribution in [2.75, 3.05) is 13.1 Å². The van der Waals surface area contributed by atoms with Crippen LogP contribution in [0.5, 0.6) is 0 Å². The lowest BCUT2D eigenvalue weighted by atomic mass is 10.1. The average Bonchev–Trinajstić information content (AvgIpc) is 2.69. The third-order valence-corrected chi connectivity index (χ3v) is 3.46. The van der Waals surface area contributed by atoms with Gasteiger partial charge in [0.2, 0.25) is 5.91 Å². The molecule has 1 aliphatic rings. The fraction of sp³-hybridized carbons (Fsp3) is 0.500. The van der Waals surface area contributed by atoms with Crippen molar-refractivity contribution in [2.24, 2.45) is 5.92 Å². The molecule has 0 spiro atoms. The van der Waals surface area contributed by atoms with E-state index in [0.717, 1.165) is 23.6 Å². The van der Waals surface area contributed by atoms with Crippen LogP contribution >= 0.6 is 11.6 Å².